The molecule has 1 aromatic carbocycles. The number of benzene rings is 1. The zero-order valence-corrected chi connectivity index (χ0v) is 15.2. The Bertz CT molecular complexity index is 749. The van der Waals surface area contributed by atoms with E-state index in [0.29, 0.717) is 13.1 Å². The molecule has 0 spiro atoms. The molecule has 0 radical (unpaired) electrons. The maximum absolute atomic E-state index is 13.2. The van der Waals surface area contributed by atoms with Crippen LogP contribution in [0.1, 0.15) is 29.3 Å². The minimum absolute atomic E-state index is 0.0900. The first-order chi connectivity index (χ1) is 12.5. The predicted octanol–water partition coefficient (Wildman–Crippen LogP) is 0.873. The van der Waals surface area contributed by atoms with Crippen LogP contribution >= 0.6 is 11.3 Å². The molecule has 0 bridgehead atoms. The summed E-state index contributed by atoms with van der Waals surface area (Å²) in [7, 11) is 0. The molecule has 138 valence electrons. The lowest BCUT2D eigenvalue weighted by Gasteiger charge is -2.28. The van der Waals surface area contributed by atoms with Gasteiger partial charge in [0.25, 0.3) is 5.91 Å². The van der Waals surface area contributed by atoms with Gasteiger partial charge in [-0.2, -0.15) is 0 Å². The zero-order valence-electron chi connectivity index (χ0n) is 14.4. The highest BCUT2D eigenvalue weighted by atomic mass is 32.1. The highest BCUT2D eigenvalue weighted by molar-refractivity contribution is 7.10. The van der Waals surface area contributed by atoms with Gasteiger partial charge in [0.05, 0.1) is 25.0 Å². The molecule has 0 saturated carbocycles. The first-order valence-corrected chi connectivity index (χ1v) is 9.62. The Kier molecular flexibility index (Phi) is 6.00. The number of piperidine rings is 1. The number of likely N-dealkylation sites (tertiary alicyclic amines) is 1. The molecular formula is C19H23FN3O2S+. The molecular weight excluding hydrogens is 353 g/mol. The molecule has 0 aliphatic carbocycles. The van der Waals surface area contributed by atoms with E-state index in [-0.39, 0.29) is 29.6 Å². The van der Waals surface area contributed by atoms with Crippen LogP contribution in [0.3, 0.4) is 0 Å². The van der Waals surface area contributed by atoms with Crippen LogP contribution in [0.5, 0.6) is 0 Å². The van der Waals surface area contributed by atoms with Gasteiger partial charge in [0.1, 0.15) is 5.82 Å². The first kappa shape index (κ1) is 18.5. The Balaban J connectivity index is 1.68. The van der Waals surface area contributed by atoms with Crippen LogP contribution < -0.4 is 16.0 Å². The first-order valence-electron chi connectivity index (χ1n) is 8.74. The number of hydrogen-bond donors (Lipinski definition) is 3. The largest absolute Gasteiger partial charge is 0.369 e. The lowest BCUT2D eigenvalue weighted by atomic mass is 9.97. The van der Waals surface area contributed by atoms with Gasteiger partial charge in [-0.15, -0.1) is 11.3 Å². The van der Waals surface area contributed by atoms with Crippen molar-refractivity contribution in [3.63, 3.8) is 0 Å². The summed E-state index contributed by atoms with van der Waals surface area (Å²) in [6.07, 6.45) is 1.69. The summed E-state index contributed by atoms with van der Waals surface area (Å²) in [5, 5.41) is 5.01. The van der Waals surface area contributed by atoms with E-state index in [1.807, 2.05) is 17.5 Å². The van der Waals surface area contributed by atoms with E-state index >= 15 is 0 Å². The van der Waals surface area contributed by atoms with Gasteiger partial charge in [-0.25, -0.2) is 4.39 Å². The number of carbonyl (C=O) groups excluding carboxylic acids is 2. The van der Waals surface area contributed by atoms with Crippen LogP contribution in [0.25, 0.3) is 0 Å². The highest BCUT2D eigenvalue weighted by Crippen LogP contribution is 2.26. The molecule has 2 heterocycles. The summed E-state index contributed by atoms with van der Waals surface area (Å²) in [4.78, 5) is 26.1. The number of nitrogens with two attached hydrogens (primary N) is 1. The van der Waals surface area contributed by atoms with Crippen LogP contribution in [0.15, 0.2) is 41.8 Å². The van der Waals surface area contributed by atoms with Crippen molar-refractivity contribution in [2.24, 2.45) is 11.7 Å². The van der Waals surface area contributed by atoms with Gasteiger partial charge in [0, 0.05) is 4.88 Å². The number of thiophene rings is 1. The fourth-order valence-corrected chi connectivity index (χ4v) is 4.23. The van der Waals surface area contributed by atoms with Crippen LogP contribution in [0.2, 0.25) is 0 Å². The van der Waals surface area contributed by atoms with E-state index in [0.717, 1.165) is 34.7 Å². The van der Waals surface area contributed by atoms with E-state index in [2.05, 4.69) is 5.32 Å². The third-order valence-corrected chi connectivity index (χ3v) is 5.70. The zero-order chi connectivity index (χ0) is 18.5. The third kappa shape index (κ3) is 4.68. The van der Waals surface area contributed by atoms with Crippen LogP contribution in [0, 0.1) is 11.7 Å². The molecule has 1 unspecified atom stereocenters. The van der Waals surface area contributed by atoms with Gasteiger partial charge in [0.15, 0.2) is 6.54 Å². The number of amides is 2. The minimum Gasteiger partial charge on any atom is -0.369 e. The van der Waals surface area contributed by atoms with Gasteiger partial charge >= 0.3 is 0 Å². The van der Waals surface area contributed by atoms with E-state index in [4.69, 9.17) is 5.73 Å². The van der Waals surface area contributed by atoms with Crippen LogP contribution in [-0.2, 0) is 9.59 Å². The Morgan fingerprint density at radius 2 is 2.08 bits per heavy atom. The maximum Gasteiger partial charge on any atom is 0.275 e. The molecule has 7 heteroatoms. The van der Waals surface area contributed by atoms with Crippen molar-refractivity contribution < 1.29 is 18.9 Å². The van der Waals surface area contributed by atoms with Gasteiger partial charge in [0.2, 0.25) is 5.91 Å². The monoisotopic (exact) mass is 376 g/mol. The molecule has 1 aromatic heterocycles. The van der Waals surface area contributed by atoms with Crippen LogP contribution in [0.4, 0.5) is 4.39 Å². The fourth-order valence-electron chi connectivity index (χ4n) is 3.42. The number of primary amides is 1. The average molecular weight is 376 g/mol. The van der Waals surface area contributed by atoms with E-state index < -0.39 is 0 Å². The quantitative estimate of drug-likeness (QED) is 0.700. The number of carbonyl (C=O) groups is 2. The lowest BCUT2D eigenvalue weighted by molar-refractivity contribution is -0.899. The second-order valence-electron chi connectivity index (χ2n) is 6.69. The van der Waals surface area contributed by atoms with Gasteiger partial charge < -0.3 is 16.0 Å². The number of hydrogen-bond acceptors (Lipinski definition) is 3. The molecule has 26 heavy (non-hydrogen) atoms. The SMILES string of the molecule is NC(=O)[C@H]1CCC[NH+](CC(=O)N[C@@H](c2ccc(F)cc2)c2cccs2)C1. The Hall–Kier alpha value is -2.25. The summed E-state index contributed by atoms with van der Waals surface area (Å²) >= 11 is 1.55. The van der Waals surface area contributed by atoms with Crippen LogP contribution in [-0.4, -0.2) is 31.4 Å². The molecule has 2 amide bonds. The fraction of sp³-hybridized carbons (Fsp3) is 0.368. The van der Waals surface area contributed by atoms with E-state index in [9.17, 15) is 14.0 Å². The summed E-state index contributed by atoms with van der Waals surface area (Å²) in [6, 6.07) is 9.75. The standard InChI is InChI=1S/C19H22FN3O2S/c20-15-7-5-13(6-8-15)18(16-4-2-10-26-16)22-17(24)12-23-9-1-3-14(11-23)19(21)25/h2,4-8,10,14,18H,1,3,9,11-12H2,(H2,21,25)(H,22,24)/p+1/t14-,18-/m0/s1. The molecule has 3 rings (SSSR count). The lowest BCUT2D eigenvalue weighted by Crippen LogP contribution is -3.15. The Morgan fingerprint density at radius 3 is 2.73 bits per heavy atom. The van der Waals surface area contributed by atoms with E-state index in [1.165, 1.54) is 12.1 Å². The van der Waals surface area contributed by atoms with Crippen molar-refractivity contribution in [2.45, 2.75) is 18.9 Å². The third-order valence-electron chi connectivity index (χ3n) is 4.77. The summed E-state index contributed by atoms with van der Waals surface area (Å²) in [5.74, 6) is -0.838. The van der Waals surface area contributed by atoms with Crippen molar-refractivity contribution >= 4 is 23.2 Å². The Labute approximate surface area is 156 Å². The van der Waals surface area contributed by atoms with E-state index in [1.54, 1.807) is 23.5 Å². The van der Waals surface area contributed by atoms with Gasteiger partial charge in [-0.3, -0.25) is 9.59 Å². The number of halogens is 1. The normalized spacial score (nSPS) is 21.1. The summed E-state index contributed by atoms with van der Waals surface area (Å²) in [5.41, 5.74) is 6.25. The van der Waals surface area contributed by atoms with Crippen molar-refractivity contribution in [3.05, 3.63) is 58.0 Å². The molecule has 3 atom stereocenters. The second kappa shape index (κ2) is 8.42. The van der Waals surface area contributed by atoms with Gasteiger partial charge in [-0.05, 0) is 42.0 Å². The Morgan fingerprint density at radius 1 is 1.31 bits per heavy atom. The van der Waals surface area contributed by atoms with Crippen molar-refractivity contribution in [3.8, 4) is 0 Å². The molecule has 1 aliphatic heterocycles. The predicted molar refractivity (Wildman–Crippen MR) is 98.2 cm³/mol. The number of nitrogens with one attached hydrogen (secondary N) is 2. The number of quaternary nitrogens is 1. The summed E-state index contributed by atoms with van der Waals surface area (Å²) < 4.78 is 13.2. The maximum atomic E-state index is 13.2. The molecule has 4 N–H and O–H groups in total. The molecule has 1 saturated heterocycles. The molecule has 1 aliphatic rings. The number of rotatable bonds is 6. The minimum atomic E-state index is -0.306. The highest BCUT2D eigenvalue weighted by Gasteiger charge is 2.29. The molecule has 2 aromatic rings. The van der Waals surface area contributed by atoms with Crippen molar-refractivity contribution in [1.82, 2.24) is 5.32 Å². The topological polar surface area (TPSA) is 76.6 Å². The van der Waals surface area contributed by atoms with Crippen molar-refractivity contribution in [1.29, 1.82) is 0 Å². The average Bonchev–Trinajstić information content (AvgIpc) is 3.15. The second-order valence-corrected chi connectivity index (χ2v) is 7.67. The summed E-state index contributed by atoms with van der Waals surface area (Å²) in [6.45, 7) is 1.76. The molecule has 1 fully saturated rings. The van der Waals surface area contributed by atoms with Gasteiger partial charge in [-0.1, -0.05) is 18.2 Å². The smallest absolute Gasteiger partial charge is 0.275 e. The molecule has 5 nitrogen and oxygen atoms in total. The van der Waals surface area contributed by atoms with Crippen molar-refractivity contribution in [2.75, 3.05) is 19.6 Å².